The third-order valence-electron chi connectivity index (χ3n) is 4.47. The zero-order chi connectivity index (χ0) is 16.7. The predicted octanol–water partition coefficient (Wildman–Crippen LogP) is 2.93. The number of aromatic amines is 1. The molecule has 2 heterocycles. The van der Waals surface area contributed by atoms with Gasteiger partial charge in [0.2, 0.25) is 11.8 Å². The van der Waals surface area contributed by atoms with Gasteiger partial charge in [-0.3, -0.25) is 14.7 Å². The van der Waals surface area contributed by atoms with Gasteiger partial charge < -0.3 is 10.2 Å². The Morgan fingerprint density at radius 3 is 2.92 bits per heavy atom. The van der Waals surface area contributed by atoms with Gasteiger partial charge in [0.25, 0.3) is 0 Å². The Morgan fingerprint density at radius 1 is 1.33 bits per heavy atom. The van der Waals surface area contributed by atoms with E-state index in [0.29, 0.717) is 23.3 Å². The molecule has 2 fully saturated rings. The number of hydrogen-bond acceptors (Lipinski definition) is 3. The summed E-state index contributed by atoms with van der Waals surface area (Å²) in [5.41, 5.74) is 1.72. The highest BCUT2D eigenvalue weighted by Crippen LogP contribution is 2.39. The summed E-state index contributed by atoms with van der Waals surface area (Å²) in [7, 11) is 0. The first kappa shape index (κ1) is 15.2. The van der Waals surface area contributed by atoms with Crippen molar-refractivity contribution in [2.24, 2.45) is 5.92 Å². The normalized spacial score (nSPS) is 20.5. The van der Waals surface area contributed by atoms with Crippen LogP contribution in [0.5, 0.6) is 0 Å². The fourth-order valence-corrected chi connectivity index (χ4v) is 3.19. The van der Waals surface area contributed by atoms with Crippen molar-refractivity contribution in [3.8, 4) is 0 Å². The molecule has 1 saturated heterocycles. The highest BCUT2D eigenvalue weighted by atomic mass is 35.5. The van der Waals surface area contributed by atoms with Crippen LogP contribution in [0.2, 0.25) is 5.02 Å². The molecule has 2 amide bonds. The van der Waals surface area contributed by atoms with E-state index in [1.54, 1.807) is 23.1 Å². The standard InChI is InChI=1S/C17H17ClN4O2/c18-12-2-1-3-13(7-12)22-9-11(6-16(22)23)17(24)19-15-8-14(20-21-15)10-4-5-10/h1-3,7-8,10-11H,4-6,9H2,(H2,19,20,21,24)/t11-/m1/s1. The molecule has 6 nitrogen and oxygen atoms in total. The summed E-state index contributed by atoms with van der Waals surface area (Å²) in [6, 6.07) is 8.98. The lowest BCUT2D eigenvalue weighted by Gasteiger charge is -2.16. The molecule has 1 aliphatic heterocycles. The zero-order valence-electron chi connectivity index (χ0n) is 13.0. The molecule has 7 heteroatoms. The smallest absolute Gasteiger partial charge is 0.230 e. The summed E-state index contributed by atoms with van der Waals surface area (Å²) >= 11 is 5.98. The first-order valence-electron chi connectivity index (χ1n) is 8.02. The third-order valence-corrected chi connectivity index (χ3v) is 4.70. The molecule has 2 N–H and O–H groups in total. The molecule has 2 aliphatic rings. The molecule has 124 valence electrons. The molecule has 1 aliphatic carbocycles. The van der Waals surface area contributed by atoms with Crippen molar-refractivity contribution in [2.75, 3.05) is 16.8 Å². The SMILES string of the molecule is O=C(Nc1cc(C2CC2)n[nH]1)[C@@H]1CC(=O)N(c2cccc(Cl)c2)C1. The van der Waals surface area contributed by atoms with Crippen LogP contribution >= 0.6 is 11.6 Å². The second-order valence-corrected chi connectivity index (χ2v) is 6.79. The van der Waals surface area contributed by atoms with Gasteiger partial charge in [-0.2, -0.15) is 5.10 Å². The fourth-order valence-electron chi connectivity index (χ4n) is 3.00. The highest BCUT2D eigenvalue weighted by molar-refractivity contribution is 6.31. The van der Waals surface area contributed by atoms with E-state index in [9.17, 15) is 9.59 Å². The molecule has 0 unspecified atom stereocenters. The molecular weight excluding hydrogens is 328 g/mol. The van der Waals surface area contributed by atoms with E-state index < -0.39 is 0 Å². The highest BCUT2D eigenvalue weighted by Gasteiger charge is 2.35. The van der Waals surface area contributed by atoms with Crippen molar-refractivity contribution in [3.63, 3.8) is 0 Å². The number of rotatable bonds is 4. The van der Waals surface area contributed by atoms with Crippen molar-refractivity contribution < 1.29 is 9.59 Å². The van der Waals surface area contributed by atoms with E-state index in [0.717, 1.165) is 24.2 Å². The molecule has 1 atom stereocenters. The maximum absolute atomic E-state index is 12.4. The lowest BCUT2D eigenvalue weighted by atomic mass is 10.1. The number of aromatic nitrogens is 2. The van der Waals surface area contributed by atoms with Gasteiger partial charge in [0.15, 0.2) is 0 Å². The molecule has 1 saturated carbocycles. The van der Waals surface area contributed by atoms with Gasteiger partial charge in [0, 0.05) is 35.7 Å². The molecule has 0 spiro atoms. The van der Waals surface area contributed by atoms with Crippen LogP contribution in [0.3, 0.4) is 0 Å². The number of amides is 2. The minimum absolute atomic E-state index is 0.0688. The van der Waals surface area contributed by atoms with Crippen LogP contribution in [0.25, 0.3) is 0 Å². The Kier molecular flexibility index (Phi) is 3.76. The number of hydrogen-bond donors (Lipinski definition) is 2. The Morgan fingerprint density at radius 2 is 2.17 bits per heavy atom. The molecule has 0 bridgehead atoms. The quantitative estimate of drug-likeness (QED) is 0.895. The average Bonchev–Trinajstić information content (AvgIpc) is 3.18. The molecule has 1 aromatic carbocycles. The number of benzene rings is 1. The summed E-state index contributed by atoms with van der Waals surface area (Å²) in [5.74, 6) is 0.498. The largest absolute Gasteiger partial charge is 0.312 e. The Bertz CT molecular complexity index is 799. The average molecular weight is 345 g/mol. The molecule has 4 rings (SSSR count). The number of anilines is 2. The number of nitrogens with zero attached hydrogens (tertiary/aromatic N) is 2. The molecule has 24 heavy (non-hydrogen) atoms. The van der Waals surface area contributed by atoms with Crippen molar-refractivity contribution in [1.29, 1.82) is 0 Å². The Labute approximate surface area is 144 Å². The van der Waals surface area contributed by atoms with Crippen molar-refractivity contribution in [1.82, 2.24) is 10.2 Å². The van der Waals surface area contributed by atoms with E-state index in [1.807, 2.05) is 12.1 Å². The molecule has 2 aromatic rings. The van der Waals surface area contributed by atoms with Crippen molar-refractivity contribution >= 4 is 34.9 Å². The first-order chi connectivity index (χ1) is 11.6. The summed E-state index contributed by atoms with van der Waals surface area (Å²) in [4.78, 5) is 26.3. The minimum Gasteiger partial charge on any atom is -0.312 e. The first-order valence-corrected chi connectivity index (χ1v) is 8.40. The van der Waals surface area contributed by atoms with Gasteiger partial charge in [0.05, 0.1) is 11.6 Å². The minimum atomic E-state index is -0.385. The van der Waals surface area contributed by atoms with Crippen LogP contribution < -0.4 is 10.2 Å². The van der Waals surface area contributed by atoms with Crippen LogP contribution in [-0.4, -0.2) is 28.6 Å². The van der Waals surface area contributed by atoms with E-state index in [4.69, 9.17) is 11.6 Å². The maximum atomic E-state index is 12.4. The monoisotopic (exact) mass is 344 g/mol. The summed E-state index contributed by atoms with van der Waals surface area (Å²) in [6.45, 7) is 0.356. The fraction of sp³-hybridized carbons (Fsp3) is 0.353. The third kappa shape index (κ3) is 3.01. The van der Waals surface area contributed by atoms with Gasteiger partial charge >= 0.3 is 0 Å². The maximum Gasteiger partial charge on any atom is 0.230 e. The van der Waals surface area contributed by atoms with E-state index in [-0.39, 0.29) is 24.2 Å². The summed E-state index contributed by atoms with van der Waals surface area (Å²) in [6.07, 6.45) is 2.51. The van der Waals surface area contributed by atoms with Gasteiger partial charge in [-0.25, -0.2) is 0 Å². The number of H-pyrrole nitrogens is 1. The topological polar surface area (TPSA) is 78.1 Å². The van der Waals surface area contributed by atoms with Crippen LogP contribution in [0.4, 0.5) is 11.5 Å². The van der Waals surface area contributed by atoms with Gasteiger partial charge in [-0.15, -0.1) is 0 Å². The van der Waals surface area contributed by atoms with Crippen molar-refractivity contribution in [2.45, 2.75) is 25.2 Å². The van der Waals surface area contributed by atoms with Crippen LogP contribution in [0, 0.1) is 5.92 Å². The summed E-state index contributed by atoms with van der Waals surface area (Å²) in [5, 5.41) is 10.5. The van der Waals surface area contributed by atoms with Gasteiger partial charge in [-0.1, -0.05) is 17.7 Å². The van der Waals surface area contributed by atoms with E-state index >= 15 is 0 Å². The number of nitrogens with one attached hydrogen (secondary N) is 2. The summed E-state index contributed by atoms with van der Waals surface area (Å²) < 4.78 is 0. The molecule has 1 aromatic heterocycles. The Balaban J connectivity index is 1.42. The van der Waals surface area contributed by atoms with Gasteiger partial charge in [-0.05, 0) is 31.0 Å². The number of carbonyl (C=O) groups is 2. The predicted molar refractivity (Wildman–Crippen MR) is 91.1 cm³/mol. The molecular formula is C17H17ClN4O2. The van der Waals surface area contributed by atoms with Crippen LogP contribution in [-0.2, 0) is 9.59 Å². The van der Waals surface area contributed by atoms with Crippen LogP contribution in [0.1, 0.15) is 30.9 Å². The molecule has 0 radical (unpaired) electrons. The number of carbonyl (C=O) groups excluding carboxylic acids is 2. The lowest BCUT2D eigenvalue weighted by molar-refractivity contribution is -0.122. The second kappa shape index (κ2) is 5.94. The van der Waals surface area contributed by atoms with E-state index in [2.05, 4.69) is 15.5 Å². The zero-order valence-corrected chi connectivity index (χ0v) is 13.7. The van der Waals surface area contributed by atoms with Crippen LogP contribution in [0.15, 0.2) is 30.3 Å². The van der Waals surface area contributed by atoms with Crippen molar-refractivity contribution in [3.05, 3.63) is 41.0 Å². The lowest BCUT2D eigenvalue weighted by Crippen LogP contribution is -2.28. The van der Waals surface area contributed by atoms with Gasteiger partial charge in [0.1, 0.15) is 5.82 Å². The second-order valence-electron chi connectivity index (χ2n) is 6.36. The Hall–Kier alpha value is -2.34. The van der Waals surface area contributed by atoms with E-state index in [1.165, 1.54) is 0 Å². The number of halogens is 1.